The quantitative estimate of drug-likeness (QED) is 0.725. The van der Waals surface area contributed by atoms with Crippen molar-refractivity contribution in [3.05, 3.63) is 27.7 Å². The molecule has 2 aliphatic rings. The highest BCUT2D eigenvalue weighted by molar-refractivity contribution is 6.36. The lowest BCUT2D eigenvalue weighted by molar-refractivity contribution is -0.124. The van der Waals surface area contributed by atoms with E-state index in [0.29, 0.717) is 38.8 Å². The summed E-state index contributed by atoms with van der Waals surface area (Å²) in [5.74, 6) is -0.593. The number of carbonyl (C=O) groups is 3. The van der Waals surface area contributed by atoms with Gasteiger partial charge < -0.3 is 20.6 Å². The van der Waals surface area contributed by atoms with Crippen LogP contribution in [0.15, 0.2) is 12.1 Å². The average molecular weight is 400 g/mol. The fourth-order valence-electron chi connectivity index (χ4n) is 3.09. The minimum atomic E-state index is -0.456. The smallest absolute Gasteiger partial charge is 0.317 e. The Bertz CT molecular complexity index is 740. The first-order valence-corrected chi connectivity index (χ1v) is 9.15. The van der Waals surface area contributed by atoms with Gasteiger partial charge in [0.2, 0.25) is 0 Å². The molecule has 1 aliphatic carbocycles. The third kappa shape index (κ3) is 4.22. The molecule has 26 heavy (non-hydrogen) atoms. The number of nitrogens with one attached hydrogen (secondary N) is 2. The van der Waals surface area contributed by atoms with Crippen LogP contribution in [0.5, 0.6) is 5.75 Å². The van der Waals surface area contributed by atoms with Crippen molar-refractivity contribution in [1.82, 2.24) is 15.5 Å². The van der Waals surface area contributed by atoms with Gasteiger partial charge in [0.25, 0.3) is 5.91 Å². The van der Waals surface area contributed by atoms with E-state index >= 15 is 0 Å². The summed E-state index contributed by atoms with van der Waals surface area (Å²) in [6.07, 6.45) is 2.00. The van der Waals surface area contributed by atoms with Gasteiger partial charge >= 0.3 is 6.03 Å². The van der Waals surface area contributed by atoms with Gasteiger partial charge in [-0.3, -0.25) is 9.59 Å². The maximum atomic E-state index is 12.4. The van der Waals surface area contributed by atoms with Crippen molar-refractivity contribution in [3.8, 4) is 5.75 Å². The Kier molecular flexibility index (Phi) is 5.58. The maximum absolute atomic E-state index is 12.4. The number of amides is 3. The molecule has 0 bridgehead atoms. The van der Waals surface area contributed by atoms with E-state index in [-0.39, 0.29) is 45.3 Å². The number of likely N-dealkylation sites (tertiary alicyclic amines) is 1. The third-order valence-electron chi connectivity index (χ3n) is 4.67. The molecule has 1 aromatic rings. The van der Waals surface area contributed by atoms with Crippen LogP contribution in [0.1, 0.15) is 36.0 Å². The number of hydrogen-bond donors (Lipinski definition) is 3. The number of rotatable bonds is 3. The molecule has 9 heteroatoms. The van der Waals surface area contributed by atoms with Gasteiger partial charge in [-0.2, -0.15) is 0 Å². The average Bonchev–Trinajstić information content (AvgIpc) is 2.57. The molecule has 1 aromatic carbocycles. The number of hydrogen-bond acceptors (Lipinski definition) is 4. The molecule has 3 amide bonds. The molecule has 3 rings (SSSR count). The van der Waals surface area contributed by atoms with Crippen LogP contribution in [0.3, 0.4) is 0 Å². The highest BCUT2D eigenvalue weighted by Crippen LogP contribution is 2.31. The molecule has 0 spiro atoms. The number of phenolic OH excluding ortho intramolecular Hbond substituents is 1. The normalized spacial score (nSPS) is 18.4. The Morgan fingerprint density at radius 3 is 2.35 bits per heavy atom. The van der Waals surface area contributed by atoms with Crippen molar-refractivity contribution in [3.63, 3.8) is 0 Å². The maximum Gasteiger partial charge on any atom is 0.317 e. The lowest BCUT2D eigenvalue weighted by Crippen LogP contribution is -2.53. The lowest BCUT2D eigenvalue weighted by atomic mass is 9.91. The number of ketones is 1. The Labute approximate surface area is 160 Å². The molecule has 140 valence electrons. The summed E-state index contributed by atoms with van der Waals surface area (Å²) in [6.45, 7) is 0.999. The first kappa shape index (κ1) is 18.8. The van der Waals surface area contributed by atoms with Crippen LogP contribution in [-0.4, -0.2) is 52.9 Å². The number of piperidine rings is 1. The molecule has 1 saturated heterocycles. The highest BCUT2D eigenvalue weighted by Gasteiger charge is 2.31. The van der Waals surface area contributed by atoms with Crippen LogP contribution in [0.4, 0.5) is 4.79 Å². The van der Waals surface area contributed by atoms with Gasteiger partial charge in [0, 0.05) is 43.0 Å². The number of phenols is 1. The molecule has 0 unspecified atom stereocenters. The third-order valence-corrected chi connectivity index (χ3v) is 5.17. The van der Waals surface area contributed by atoms with Gasteiger partial charge in [-0.1, -0.05) is 23.2 Å². The van der Waals surface area contributed by atoms with E-state index in [9.17, 15) is 19.5 Å². The van der Waals surface area contributed by atoms with Crippen molar-refractivity contribution in [2.45, 2.75) is 37.8 Å². The van der Waals surface area contributed by atoms with E-state index in [1.165, 1.54) is 12.1 Å². The SMILES string of the molecule is O=C1CC(NC(=O)N2CCC(NC(=O)c3cc(Cl)cc(Cl)c3O)CC2)C1. The summed E-state index contributed by atoms with van der Waals surface area (Å²) in [6, 6.07) is 2.38. The largest absolute Gasteiger partial charge is 0.506 e. The van der Waals surface area contributed by atoms with Crippen LogP contribution in [0.2, 0.25) is 10.0 Å². The standard InChI is InChI=1S/C17H19Cl2N3O4/c18-9-5-13(15(24)14(19)6-9)16(25)20-10-1-3-22(4-2-10)17(26)21-11-7-12(23)8-11/h5-6,10-11,24H,1-4,7-8H2,(H,20,25)(H,21,26). The Balaban J connectivity index is 1.50. The van der Waals surface area contributed by atoms with Crippen molar-refractivity contribution in [2.75, 3.05) is 13.1 Å². The predicted octanol–water partition coefficient (Wildman–Crippen LogP) is 2.33. The molecular formula is C17H19Cl2N3O4. The Morgan fingerprint density at radius 2 is 1.73 bits per heavy atom. The van der Waals surface area contributed by atoms with E-state index in [4.69, 9.17) is 23.2 Å². The van der Waals surface area contributed by atoms with Gasteiger partial charge in [0.05, 0.1) is 10.6 Å². The second-order valence-corrected chi connectivity index (χ2v) is 7.46. The summed E-state index contributed by atoms with van der Waals surface area (Å²) >= 11 is 11.7. The number of benzene rings is 1. The summed E-state index contributed by atoms with van der Waals surface area (Å²) in [4.78, 5) is 37.1. The van der Waals surface area contributed by atoms with E-state index in [1.807, 2.05) is 0 Å². The number of nitrogens with zero attached hydrogens (tertiary/aromatic N) is 1. The van der Waals surface area contributed by atoms with Crippen molar-refractivity contribution >= 4 is 40.9 Å². The van der Waals surface area contributed by atoms with Crippen LogP contribution in [-0.2, 0) is 4.79 Å². The Hall–Kier alpha value is -1.99. The van der Waals surface area contributed by atoms with Crippen LogP contribution in [0.25, 0.3) is 0 Å². The monoisotopic (exact) mass is 399 g/mol. The zero-order valence-corrected chi connectivity index (χ0v) is 15.4. The number of carbonyl (C=O) groups excluding carboxylic acids is 3. The summed E-state index contributed by atoms with van der Waals surface area (Å²) in [7, 11) is 0. The number of Topliss-reactive ketones (excluding diaryl/α,β-unsaturated/α-hetero) is 1. The van der Waals surface area contributed by atoms with E-state index in [2.05, 4.69) is 10.6 Å². The molecule has 1 aliphatic heterocycles. The molecule has 1 heterocycles. The summed E-state index contributed by atoms with van der Waals surface area (Å²) in [5, 5.41) is 15.9. The van der Waals surface area contributed by atoms with Crippen molar-refractivity contribution in [2.24, 2.45) is 0 Å². The van der Waals surface area contributed by atoms with E-state index in [0.717, 1.165) is 0 Å². The predicted molar refractivity (Wildman–Crippen MR) is 96.7 cm³/mol. The van der Waals surface area contributed by atoms with Crippen LogP contribution >= 0.6 is 23.2 Å². The lowest BCUT2D eigenvalue weighted by Gasteiger charge is -2.34. The minimum absolute atomic E-state index is 0.0172. The van der Waals surface area contributed by atoms with E-state index < -0.39 is 5.91 Å². The first-order chi connectivity index (χ1) is 12.3. The fraction of sp³-hybridized carbons (Fsp3) is 0.471. The number of halogens is 2. The van der Waals surface area contributed by atoms with Crippen molar-refractivity contribution < 1.29 is 19.5 Å². The van der Waals surface area contributed by atoms with E-state index in [1.54, 1.807) is 4.90 Å². The Morgan fingerprint density at radius 1 is 1.08 bits per heavy atom. The summed E-state index contributed by atoms with van der Waals surface area (Å²) in [5.41, 5.74) is 0.0253. The second-order valence-electron chi connectivity index (χ2n) is 6.61. The number of urea groups is 1. The zero-order valence-electron chi connectivity index (χ0n) is 13.9. The van der Waals surface area contributed by atoms with Crippen molar-refractivity contribution in [1.29, 1.82) is 0 Å². The van der Waals surface area contributed by atoms with Gasteiger partial charge in [-0.05, 0) is 25.0 Å². The zero-order chi connectivity index (χ0) is 18.8. The highest BCUT2D eigenvalue weighted by atomic mass is 35.5. The number of aromatic hydroxyl groups is 1. The second kappa shape index (κ2) is 7.72. The molecular weight excluding hydrogens is 381 g/mol. The fourth-order valence-corrected chi connectivity index (χ4v) is 3.58. The topological polar surface area (TPSA) is 98.7 Å². The van der Waals surface area contributed by atoms with Crippen LogP contribution < -0.4 is 10.6 Å². The van der Waals surface area contributed by atoms with Crippen LogP contribution in [0, 0.1) is 0 Å². The molecule has 0 atom stereocenters. The molecule has 3 N–H and O–H groups in total. The van der Waals surface area contributed by atoms with Gasteiger partial charge in [-0.25, -0.2) is 4.79 Å². The minimum Gasteiger partial charge on any atom is -0.506 e. The molecule has 7 nitrogen and oxygen atoms in total. The van der Waals surface area contributed by atoms with Gasteiger partial charge in [0.1, 0.15) is 11.5 Å². The van der Waals surface area contributed by atoms with Gasteiger partial charge in [0.15, 0.2) is 0 Å². The molecule has 0 radical (unpaired) electrons. The molecule has 1 saturated carbocycles. The summed E-state index contributed by atoms with van der Waals surface area (Å²) < 4.78 is 0. The first-order valence-electron chi connectivity index (χ1n) is 8.39. The van der Waals surface area contributed by atoms with Gasteiger partial charge in [-0.15, -0.1) is 0 Å². The molecule has 2 fully saturated rings. The molecule has 0 aromatic heterocycles.